The van der Waals surface area contributed by atoms with Gasteiger partial charge in [-0.05, 0) is 242 Å². The van der Waals surface area contributed by atoms with Crippen LogP contribution in [0.4, 0.5) is 46.0 Å². The van der Waals surface area contributed by atoms with E-state index in [2.05, 4.69) is 113 Å². The van der Waals surface area contributed by atoms with Gasteiger partial charge >= 0.3 is 0 Å². The van der Waals surface area contributed by atoms with Crippen LogP contribution in [0, 0.1) is 30.2 Å². The van der Waals surface area contributed by atoms with Crippen LogP contribution in [0.2, 0.25) is 0 Å². The maximum Gasteiger partial charge on any atom is 0.258 e. The van der Waals surface area contributed by atoms with Crippen molar-refractivity contribution in [1.29, 1.82) is 0 Å². The monoisotopic (exact) mass is 1900 g/mol. The number of methoxy groups -OCH3 is 4. The second-order valence-electron chi connectivity index (χ2n) is 36.2. The molecule has 2 N–H and O–H groups in total. The van der Waals surface area contributed by atoms with Crippen molar-refractivity contribution in [2.75, 3.05) is 186 Å². The number of hydrogen-bond donors (Lipinski definition) is 1. The van der Waals surface area contributed by atoms with E-state index in [1.807, 2.05) is 117 Å². The number of nitrogens with zero attached hydrogens (tertiary/aromatic N) is 18. The van der Waals surface area contributed by atoms with Gasteiger partial charge in [-0.1, -0.05) is 25.1 Å². The minimum absolute atomic E-state index is 0.0899. The predicted molar refractivity (Wildman–Crippen MR) is 544 cm³/mol. The maximum absolute atomic E-state index is 14.1. The van der Waals surface area contributed by atoms with Crippen LogP contribution in [-0.4, -0.2) is 242 Å². The van der Waals surface area contributed by atoms with Crippen LogP contribution < -0.4 is 77.0 Å². The van der Waals surface area contributed by atoms with Crippen LogP contribution in [0.15, 0.2) is 253 Å². The molecule has 29 nitrogen and oxygen atoms in total. The van der Waals surface area contributed by atoms with Gasteiger partial charge in [-0.15, -0.1) is 0 Å². The summed E-state index contributed by atoms with van der Waals surface area (Å²) in [6.45, 7) is 18.6. The number of nitrogens with two attached hydrogens (primary N) is 1. The second kappa shape index (κ2) is 42.7. The summed E-state index contributed by atoms with van der Waals surface area (Å²) >= 11 is 0. The first kappa shape index (κ1) is 96.9. The number of likely N-dealkylation sites (N-methyl/N-ethyl adjacent to an activating group) is 3. The number of pyridine rings is 7. The predicted octanol–water partition coefficient (Wildman–Crippen LogP) is 14.5. The fourth-order valence-corrected chi connectivity index (χ4v) is 18.5. The van der Waals surface area contributed by atoms with Gasteiger partial charge in [0.15, 0.2) is 57.7 Å². The molecule has 11 aromatic heterocycles. The quantitative estimate of drug-likeness (QED) is 0.0830. The molecule has 0 aliphatic carbocycles. The smallest absolute Gasteiger partial charge is 0.258 e. The zero-order valence-corrected chi connectivity index (χ0v) is 80.5. The Morgan fingerprint density at radius 3 is 1.09 bits per heavy atom. The highest BCUT2D eigenvalue weighted by atomic mass is 19.1. The van der Waals surface area contributed by atoms with Crippen molar-refractivity contribution in [3.8, 4) is 79.0 Å². The number of anilines is 5. The van der Waals surface area contributed by atoms with Crippen molar-refractivity contribution in [1.82, 2.24) is 61.5 Å². The summed E-state index contributed by atoms with van der Waals surface area (Å²) < 4.78 is 89.5. The maximum atomic E-state index is 14.1. The number of fused-ring (bicyclic) bond motifs is 6. The van der Waals surface area contributed by atoms with Crippen molar-refractivity contribution in [2.45, 2.75) is 64.1 Å². The molecule has 0 spiro atoms. The first-order chi connectivity index (χ1) is 67.6. The van der Waals surface area contributed by atoms with E-state index >= 15 is 0 Å². The zero-order valence-electron chi connectivity index (χ0n) is 80.5. The number of piperazine rings is 2. The molecule has 5 saturated heterocycles. The van der Waals surface area contributed by atoms with E-state index in [-0.39, 0.29) is 56.8 Å². The van der Waals surface area contributed by atoms with E-state index in [1.54, 1.807) is 66.1 Å². The SMILES string of the molecule is CCN1CCN(c2ccc3nc(-c4ccc5nc(C)oc5c4)cc(=O)n3c2)CC1.COc1ccc(-c2cc(=O)n3cc(N4CCC(N(C)C)CC4)ccc3c2)cc1F.COc1ccc(-c2cc(=O)n3cc(N4CCC(N)CC4)ccc3c2)cc1F.COc1ccc(-c2cc(=O)n3cc(N4CCN(C)CC4)ccc3n2)cc1F.COc1ccc(-c2cc(=O)n3cc(N4CC[C@H](N(C)C)C4)ccc3n2)cc1F. The van der Waals surface area contributed by atoms with Gasteiger partial charge < -0.3 is 73.2 Å². The Morgan fingerprint density at radius 2 is 0.693 bits per heavy atom. The van der Waals surface area contributed by atoms with Gasteiger partial charge in [0.05, 0.1) is 74.0 Å². The third-order valence-corrected chi connectivity index (χ3v) is 26.9. The Labute approximate surface area is 806 Å². The number of oxazole rings is 1. The topological polar surface area (TPSA) is 264 Å². The summed E-state index contributed by atoms with van der Waals surface area (Å²) in [5, 5.41) is 0. The summed E-state index contributed by atoms with van der Waals surface area (Å²) in [5.41, 5.74) is 21.2. The van der Waals surface area contributed by atoms with E-state index in [0.717, 1.165) is 181 Å². The fraction of sp³-hybridized carbons (Fsp3) is 0.318. The van der Waals surface area contributed by atoms with Gasteiger partial charge in [-0.25, -0.2) is 37.5 Å². The highest BCUT2D eigenvalue weighted by molar-refractivity contribution is 5.80. The summed E-state index contributed by atoms with van der Waals surface area (Å²) in [5.74, 6) is -0.549. The molecule has 0 amide bonds. The molecule has 16 aromatic rings. The molecular formula is C107H115F4N19O10. The second-order valence-corrected chi connectivity index (χ2v) is 36.2. The normalized spacial score (nSPS) is 15.6. The summed E-state index contributed by atoms with van der Waals surface area (Å²) in [4.78, 5) is 102. The minimum atomic E-state index is -0.484. The van der Waals surface area contributed by atoms with E-state index in [1.165, 1.54) is 87.4 Å². The molecule has 33 heteroatoms. The number of hydrogen-bond acceptors (Lipinski definition) is 24. The number of halogens is 4. The number of aromatic nitrogens is 9. The van der Waals surface area contributed by atoms with Gasteiger partial charge in [0.25, 0.3) is 27.8 Å². The van der Waals surface area contributed by atoms with Gasteiger partial charge in [0, 0.05) is 206 Å². The molecule has 0 radical (unpaired) electrons. The van der Waals surface area contributed by atoms with Crippen molar-refractivity contribution in [3.63, 3.8) is 0 Å². The first-order valence-electron chi connectivity index (χ1n) is 47.0. The van der Waals surface area contributed by atoms with E-state index in [0.29, 0.717) is 91.0 Å². The number of rotatable bonds is 17. The van der Waals surface area contributed by atoms with Crippen molar-refractivity contribution in [2.24, 2.45) is 5.73 Å². The molecule has 5 aliphatic heterocycles. The number of piperidine rings is 2. The molecule has 0 bridgehead atoms. The van der Waals surface area contributed by atoms with Crippen LogP contribution in [0.25, 0.3) is 95.1 Å². The van der Waals surface area contributed by atoms with E-state index < -0.39 is 23.3 Å². The highest BCUT2D eigenvalue weighted by Gasteiger charge is 2.28. The molecular weight excluding hydrogens is 1790 g/mol. The summed E-state index contributed by atoms with van der Waals surface area (Å²) in [6.07, 6.45) is 14.6. The van der Waals surface area contributed by atoms with Gasteiger partial charge in [-0.3, -0.25) is 46.0 Å². The Kier molecular flexibility index (Phi) is 29.5. The third kappa shape index (κ3) is 21.9. The van der Waals surface area contributed by atoms with Gasteiger partial charge in [-0.2, -0.15) is 0 Å². The molecule has 726 valence electrons. The van der Waals surface area contributed by atoms with Gasteiger partial charge in [0.2, 0.25) is 0 Å². The summed E-state index contributed by atoms with van der Waals surface area (Å²) in [6, 6.07) is 56.5. The lowest BCUT2D eigenvalue weighted by molar-refractivity contribution is 0.249. The molecule has 1 atom stereocenters. The van der Waals surface area contributed by atoms with Crippen molar-refractivity contribution >= 4 is 67.5 Å². The van der Waals surface area contributed by atoms with Crippen molar-refractivity contribution in [3.05, 3.63) is 306 Å². The molecule has 5 aromatic carbocycles. The lowest BCUT2D eigenvalue weighted by Gasteiger charge is -2.36. The van der Waals surface area contributed by atoms with Crippen LogP contribution in [0.1, 0.15) is 44.9 Å². The Bertz CT molecular complexity index is 7380. The molecule has 5 fully saturated rings. The zero-order chi connectivity index (χ0) is 98.3. The molecule has 5 aliphatic rings. The Morgan fingerprint density at radius 1 is 0.357 bits per heavy atom. The molecule has 140 heavy (non-hydrogen) atoms. The Hall–Kier alpha value is -14.8. The van der Waals surface area contributed by atoms with E-state index in [9.17, 15) is 41.5 Å². The van der Waals surface area contributed by atoms with Crippen molar-refractivity contribution < 1.29 is 40.9 Å². The minimum Gasteiger partial charge on any atom is -0.494 e. The van der Waals surface area contributed by atoms with Crippen LogP contribution >= 0.6 is 0 Å². The first-order valence-corrected chi connectivity index (χ1v) is 47.0. The molecule has 16 heterocycles. The highest BCUT2D eigenvalue weighted by Crippen LogP contribution is 2.35. The lowest BCUT2D eigenvalue weighted by atomic mass is 10.0. The molecule has 0 saturated carbocycles. The standard InChI is InChI=1S/C23H26FN3O2.C22H23N5O2.C21H23FN4O2.C21H22FN3O2.C20H21FN4O2/c1-25(2)18-8-10-26(11-9-18)20-6-5-19-12-17(14-23(28)27(19)15-20)16-4-7-22(29-3)21(24)13-16;1-3-25-8-10-26(11-9-25)17-5-7-21-24-19(13-22(28)27(21)14-17)16-4-6-18-20(12-16)29-15(2)23-18;1-24(2)15-8-9-25(12-15)16-5-7-20-23-18(11-21(27)26(20)13-16)14-4-6-19(28-3)17(22)10-14;1-27-20-5-2-14(11-19(20)22)15-10-17-3-4-18(13-25(17)21(26)12-15)24-8-6-16(23)7-9-24;1-23-7-9-24(10-8-23)15-4-6-19-22-17(12-20(26)25(19)13-15)14-3-5-18(27-2)16(21)11-14/h4-7,12-15,18H,8-11H2,1-3H3;4-7,12-14H,3,8-11H2,1-2H3;4-7,10-11,13,15H,8-9,12H2,1-3H3;2-5,10-13,16H,6-9,23H2,1H3;3-6,11-13H,7-10H2,1-2H3/t;;15-;;/m..0../s1. The lowest BCUT2D eigenvalue weighted by Crippen LogP contribution is -2.46. The fourth-order valence-electron chi connectivity index (χ4n) is 18.5. The third-order valence-electron chi connectivity index (χ3n) is 26.9. The van der Waals surface area contributed by atoms with Crippen LogP contribution in [0.5, 0.6) is 23.0 Å². The average molecular weight is 1900 g/mol. The van der Waals surface area contributed by atoms with Crippen LogP contribution in [0.3, 0.4) is 0 Å². The average Bonchev–Trinajstić information content (AvgIpc) is 1.14. The number of benzene rings is 5. The molecule has 0 unspecified atom stereocenters. The van der Waals surface area contributed by atoms with Crippen LogP contribution in [-0.2, 0) is 0 Å². The van der Waals surface area contributed by atoms with E-state index in [4.69, 9.17) is 34.1 Å². The van der Waals surface area contributed by atoms with Gasteiger partial charge in [0.1, 0.15) is 22.5 Å². The Balaban J connectivity index is 0.000000121. The molecule has 21 rings (SSSR count). The number of ether oxygens (including phenoxy) is 4. The summed E-state index contributed by atoms with van der Waals surface area (Å²) in [7, 11) is 16.2. The number of aryl methyl sites for hydroxylation is 1. The largest absolute Gasteiger partial charge is 0.494 e.